The van der Waals surface area contributed by atoms with Crippen LogP contribution in [0, 0.1) is 11.8 Å². The van der Waals surface area contributed by atoms with E-state index in [9.17, 15) is 28.8 Å². The van der Waals surface area contributed by atoms with Crippen LogP contribution in [0.4, 0.5) is 4.79 Å². The number of unbranched alkanes of at least 4 members (excludes halogenated alkanes) is 4. The van der Waals surface area contributed by atoms with Crippen molar-refractivity contribution in [2.45, 2.75) is 106 Å². The molecule has 2 fully saturated rings. The van der Waals surface area contributed by atoms with Crippen LogP contribution in [0.5, 0.6) is 0 Å². The Balaban J connectivity index is 1.82. The van der Waals surface area contributed by atoms with Crippen molar-refractivity contribution in [3.8, 4) is 0 Å². The molecule has 0 radical (unpaired) electrons. The van der Waals surface area contributed by atoms with Gasteiger partial charge in [0.25, 0.3) is 0 Å². The number of nitrogens with two attached hydrogens (primary N) is 2. The second kappa shape index (κ2) is 19.2. The van der Waals surface area contributed by atoms with Crippen molar-refractivity contribution >= 4 is 78.6 Å². The molecule has 4 amide bonds. The van der Waals surface area contributed by atoms with Crippen molar-refractivity contribution in [3.63, 3.8) is 0 Å². The van der Waals surface area contributed by atoms with Crippen LogP contribution in [-0.2, 0) is 28.7 Å². The summed E-state index contributed by atoms with van der Waals surface area (Å²) in [5.41, 5.74) is 10.3. The number of Topliss-reactive ketones (excluding diaryl/α,β-unsaturated/α-hetero) is 2. The molecular weight excluding hydrogens is 645 g/mol. The van der Waals surface area contributed by atoms with Gasteiger partial charge in [-0.15, -0.1) is 0 Å². The maximum Gasteiger partial charge on any atom is 0.410 e. The monoisotopic (exact) mass is 692 g/mol. The van der Waals surface area contributed by atoms with Gasteiger partial charge in [-0.1, -0.05) is 68.9 Å². The third kappa shape index (κ3) is 16.1. The summed E-state index contributed by atoms with van der Waals surface area (Å²) in [5, 5.41) is 0. The van der Waals surface area contributed by atoms with Gasteiger partial charge in [0.05, 0.1) is 34.1 Å². The average Bonchev–Trinajstić information content (AvgIpc) is 3.84. The van der Waals surface area contributed by atoms with E-state index in [1.807, 2.05) is 0 Å². The number of carbonyl (C=O) groups is 6. The molecule has 4 N–H and O–H groups in total. The zero-order valence-electron chi connectivity index (χ0n) is 26.2. The highest BCUT2D eigenvalue weighted by atomic mass is 33.2. The Morgan fingerprint density at radius 1 is 0.705 bits per heavy atom. The fraction of sp³-hybridized carbons (Fsp3) is 0.793. The highest BCUT2D eigenvalue weighted by molar-refractivity contribution is 8.93. The normalized spacial score (nSPS) is 16.1. The van der Waals surface area contributed by atoms with Crippen molar-refractivity contribution in [2.24, 2.45) is 23.3 Å². The van der Waals surface area contributed by atoms with E-state index in [0.29, 0.717) is 25.7 Å². The van der Waals surface area contributed by atoms with Gasteiger partial charge in [-0.05, 0) is 46.5 Å². The van der Waals surface area contributed by atoms with Crippen LogP contribution >= 0.6 is 43.2 Å². The minimum Gasteiger partial charge on any atom is -0.444 e. The van der Waals surface area contributed by atoms with Gasteiger partial charge >= 0.3 is 6.09 Å². The lowest BCUT2D eigenvalue weighted by Gasteiger charge is -2.26. The van der Waals surface area contributed by atoms with E-state index < -0.39 is 11.7 Å². The summed E-state index contributed by atoms with van der Waals surface area (Å²) in [5.74, 6) is -1.54. The zero-order chi connectivity index (χ0) is 32.9. The van der Waals surface area contributed by atoms with Crippen molar-refractivity contribution in [2.75, 3.05) is 26.7 Å². The van der Waals surface area contributed by atoms with Crippen LogP contribution in [0.15, 0.2) is 0 Å². The molecule has 2 atom stereocenters. The summed E-state index contributed by atoms with van der Waals surface area (Å²) < 4.78 is 5.82. The number of carbonyl (C=O) groups excluding carboxylic acids is 6. The Hall–Kier alpha value is -1.58. The molecule has 2 aliphatic rings. The Labute approximate surface area is 277 Å². The fourth-order valence-corrected chi connectivity index (χ4v) is 8.29. The molecule has 2 heterocycles. The van der Waals surface area contributed by atoms with E-state index in [2.05, 4.69) is 0 Å². The first-order chi connectivity index (χ1) is 20.7. The first-order valence-corrected chi connectivity index (χ1v) is 19.7. The van der Waals surface area contributed by atoms with E-state index in [1.165, 1.54) is 16.8 Å². The van der Waals surface area contributed by atoms with Gasteiger partial charge in [-0.3, -0.25) is 24.0 Å². The topological polar surface area (TPSA) is 170 Å². The predicted molar refractivity (Wildman–Crippen MR) is 180 cm³/mol. The maximum atomic E-state index is 13.1. The lowest BCUT2D eigenvalue weighted by atomic mass is 10.0. The molecule has 250 valence electrons. The minimum atomic E-state index is -0.673. The zero-order valence-corrected chi connectivity index (χ0v) is 29.5. The quantitative estimate of drug-likeness (QED) is 0.0860. The smallest absolute Gasteiger partial charge is 0.410 e. The third-order valence-electron chi connectivity index (χ3n) is 7.20. The molecule has 0 unspecified atom stereocenters. The molecule has 11 nitrogen and oxygen atoms in total. The summed E-state index contributed by atoms with van der Waals surface area (Å²) in [6.45, 7) is 5.01. The largest absolute Gasteiger partial charge is 0.444 e. The SMILES string of the molecule is CN(CCC(=O)N(CC(=O)CCCCC[C@@H](C(N)=O)C1SS1)CC(=O)CCCCC[C@@H](C(N)=O)C1SS1)C(=O)OC(C)(C)C. The Morgan fingerprint density at radius 3 is 1.50 bits per heavy atom. The fourth-order valence-electron chi connectivity index (χ4n) is 4.55. The lowest BCUT2D eigenvalue weighted by molar-refractivity contribution is -0.138. The van der Waals surface area contributed by atoms with Crippen LogP contribution in [0.25, 0.3) is 0 Å². The van der Waals surface area contributed by atoms with Crippen molar-refractivity contribution in [1.82, 2.24) is 9.80 Å². The molecule has 0 spiro atoms. The summed E-state index contributed by atoms with van der Waals surface area (Å²) >= 11 is 0. The first kappa shape index (κ1) is 38.6. The maximum absolute atomic E-state index is 13.1. The Kier molecular flexibility index (Phi) is 16.8. The van der Waals surface area contributed by atoms with Crippen LogP contribution in [0.2, 0.25) is 0 Å². The van der Waals surface area contributed by atoms with Gasteiger partial charge in [0.15, 0.2) is 11.6 Å². The van der Waals surface area contributed by atoms with Gasteiger partial charge in [-0.25, -0.2) is 4.79 Å². The number of primary amides is 2. The van der Waals surface area contributed by atoms with Crippen LogP contribution in [0.3, 0.4) is 0 Å². The molecule has 0 aromatic carbocycles. The number of amides is 4. The molecule has 2 aliphatic heterocycles. The Bertz CT molecular complexity index is 964. The number of rotatable bonds is 23. The minimum absolute atomic E-state index is 0.0479. The van der Waals surface area contributed by atoms with Gasteiger partial charge in [-0.2, -0.15) is 0 Å². The van der Waals surface area contributed by atoms with Crippen molar-refractivity contribution < 1.29 is 33.5 Å². The molecule has 0 aliphatic carbocycles. The van der Waals surface area contributed by atoms with Gasteiger partial charge in [0, 0.05) is 32.9 Å². The highest BCUT2D eigenvalue weighted by Crippen LogP contribution is 2.58. The molecule has 44 heavy (non-hydrogen) atoms. The third-order valence-corrected chi connectivity index (χ3v) is 11.8. The summed E-state index contributed by atoms with van der Waals surface area (Å²) in [7, 11) is 8.17. The number of hydrogen-bond acceptors (Lipinski definition) is 11. The van der Waals surface area contributed by atoms with Gasteiger partial charge in [0.1, 0.15) is 5.60 Å². The molecular formula is C29H48N4O7S4. The summed E-state index contributed by atoms with van der Waals surface area (Å²) in [4.78, 5) is 77.0. The Morgan fingerprint density at radius 2 is 1.14 bits per heavy atom. The standard InChI is InChI=1S/C29H48N4O7S4/c1-29(2,3)40-28(39)32(4)16-15-23(36)33(17-19(34)11-7-5-9-13-21(24(30)37)26-41-42-26)18-20(35)12-8-6-10-14-22(25(31)38)27-43-44-27/h21-22,26-27H,5-18H2,1-4H3,(H2,30,37)(H2,31,38)/t21-,22-/m0/s1. The molecule has 15 heteroatoms. The molecule has 2 rings (SSSR count). The van der Waals surface area contributed by atoms with Gasteiger partial charge < -0.3 is 26.0 Å². The predicted octanol–water partition coefficient (Wildman–Crippen LogP) is 4.76. The second-order valence-corrected chi connectivity index (χ2v) is 18.0. The first-order valence-electron chi connectivity index (χ1n) is 15.2. The van der Waals surface area contributed by atoms with Crippen molar-refractivity contribution in [1.29, 1.82) is 0 Å². The van der Waals surface area contributed by atoms with Crippen molar-refractivity contribution in [3.05, 3.63) is 0 Å². The van der Waals surface area contributed by atoms with Crippen LogP contribution in [-0.4, -0.2) is 86.6 Å². The van der Waals surface area contributed by atoms with Crippen LogP contribution in [0.1, 0.15) is 91.4 Å². The van der Waals surface area contributed by atoms with E-state index in [4.69, 9.17) is 16.2 Å². The molecule has 0 aromatic rings. The number of hydrogen-bond donors (Lipinski definition) is 2. The molecule has 0 bridgehead atoms. The number of nitrogens with zero attached hydrogens (tertiary/aromatic N) is 2. The van der Waals surface area contributed by atoms with E-state index in [0.717, 1.165) is 25.7 Å². The summed E-state index contributed by atoms with van der Waals surface area (Å²) in [6.07, 6.45) is 5.66. The molecule has 2 saturated heterocycles. The molecule has 0 saturated carbocycles. The lowest BCUT2D eigenvalue weighted by Crippen LogP contribution is -2.41. The average molecular weight is 693 g/mol. The highest BCUT2D eigenvalue weighted by Gasteiger charge is 2.38. The van der Waals surface area contributed by atoms with Gasteiger partial charge in [0.2, 0.25) is 17.7 Å². The van der Waals surface area contributed by atoms with E-state index in [-0.39, 0.29) is 89.2 Å². The van der Waals surface area contributed by atoms with E-state index in [1.54, 1.807) is 63.9 Å². The summed E-state index contributed by atoms with van der Waals surface area (Å²) in [6, 6.07) is 0. The van der Waals surface area contributed by atoms with E-state index >= 15 is 0 Å². The second-order valence-electron chi connectivity index (χ2n) is 12.3. The number of ketones is 2. The van der Waals surface area contributed by atoms with Crippen LogP contribution < -0.4 is 11.5 Å². The molecule has 0 aromatic heterocycles. The number of ether oxygens (including phenoxy) is 1.